The van der Waals surface area contributed by atoms with Crippen molar-refractivity contribution in [3.8, 4) is 0 Å². The molecule has 0 aromatic heterocycles. The number of nitrogens with zero attached hydrogens (tertiary/aromatic N) is 2. The van der Waals surface area contributed by atoms with Crippen molar-refractivity contribution >= 4 is 23.2 Å². The number of ether oxygens (including phenoxy) is 1. The summed E-state index contributed by atoms with van der Waals surface area (Å²) in [6.07, 6.45) is -5.21. The number of hydrogen-bond donors (Lipinski definition) is 1. The molecule has 0 saturated carbocycles. The number of nitro benzene ring substituents is 1. The molecule has 0 fully saturated rings. The van der Waals surface area contributed by atoms with Crippen LogP contribution < -0.4 is 10.2 Å². The molecular weight excluding hydrogens is 355 g/mol. The van der Waals surface area contributed by atoms with E-state index in [1.54, 1.807) is 27.7 Å². The van der Waals surface area contributed by atoms with Gasteiger partial charge in [-0.05, 0) is 33.3 Å². The highest BCUT2D eigenvalue weighted by Crippen LogP contribution is 2.42. The highest BCUT2D eigenvalue weighted by molar-refractivity contribution is 5.90. The van der Waals surface area contributed by atoms with Crippen molar-refractivity contribution in [2.24, 2.45) is 0 Å². The summed E-state index contributed by atoms with van der Waals surface area (Å²) in [5.74, 6) is 0. The summed E-state index contributed by atoms with van der Waals surface area (Å²) < 4.78 is 45.1. The van der Waals surface area contributed by atoms with Gasteiger partial charge in [0.05, 0.1) is 16.2 Å². The number of nitrogens with one attached hydrogen (secondary N) is 1. The number of amides is 1. The highest BCUT2D eigenvalue weighted by Gasteiger charge is 2.37. The van der Waals surface area contributed by atoms with Gasteiger partial charge in [0.15, 0.2) is 0 Å². The number of benzene rings is 1. The van der Waals surface area contributed by atoms with Gasteiger partial charge < -0.3 is 9.64 Å². The Bertz CT molecular complexity index is 685. The minimum absolute atomic E-state index is 0.268. The molecule has 0 spiro atoms. The third kappa shape index (κ3) is 5.78. The summed E-state index contributed by atoms with van der Waals surface area (Å²) in [7, 11) is 1.44. The Morgan fingerprint density at radius 1 is 1.31 bits per heavy atom. The first kappa shape index (κ1) is 21.5. The maximum absolute atomic E-state index is 13.3. The fourth-order valence-electron chi connectivity index (χ4n) is 2.24. The van der Waals surface area contributed by atoms with Crippen LogP contribution in [0, 0.1) is 10.1 Å². The minimum Gasteiger partial charge on any atom is -0.444 e. The summed E-state index contributed by atoms with van der Waals surface area (Å²) in [6, 6.07) is 1.37. The predicted octanol–water partition coefficient (Wildman–Crippen LogP) is 4.81. The van der Waals surface area contributed by atoms with Crippen molar-refractivity contribution in [3.63, 3.8) is 0 Å². The zero-order valence-corrected chi connectivity index (χ0v) is 15.2. The number of alkyl halides is 3. The van der Waals surface area contributed by atoms with E-state index in [2.05, 4.69) is 5.32 Å². The van der Waals surface area contributed by atoms with Crippen LogP contribution in [-0.4, -0.2) is 30.2 Å². The van der Waals surface area contributed by atoms with Crippen molar-refractivity contribution in [1.82, 2.24) is 0 Å². The molecule has 0 aliphatic heterocycles. The molecule has 26 heavy (non-hydrogen) atoms. The van der Waals surface area contributed by atoms with Gasteiger partial charge in [-0.25, -0.2) is 4.79 Å². The first-order valence-electron chi connectivity index (χ1n) is 7.87. The molecule has 1 rings (SSSR count). The summed E-state index contributed by atoms with van der Waals surface area (Å²) in [5, 5.41) is 13.4. The molecule has 7 nitrogen and oxygen atoms in total. The van der Waals surface area contributed by atoms with Gasteiger partial charge in [0.25, 0.3) is 5.69 Å². The van der Waals surface area contributed by atoms with Gasteiger partial charge in [-0.1, -0.05) is 6.92 Å². The lowest BCUT2D eigenvalue weighted by Crippen LogP contribution is -2.28. The van der Waals surface area contributed by atoms with Gasteiger partial charge in [-0.15, -0.1) is 0 Å². The van der Waals surface area contributed by atoms with Crippen LogP contribution in [0.3, 0.4) is 0 Å². The van der Waals surface area contributed by atoms with Crippen LogP contribution in [0.4, 0.5) is 35.0 Å². The largest absolute Gasteiger partial charge is 0.444 e. The van der Waals surface area contributed by atoms with Crippen molar-refractivity contribution < 1.29 is 27.6 Å². The van der Waals surface area contributed by atoms with E-state index < -0.39 is 34.0 Å². The molecule has 1 amide bonds. The fraction of sp³-hybridized carbons (Fsp3) is 0.562. The normalized spacial score (nSPS) is 11.8. The second-order valence-corrected chi connectivity index (χ2v) is 6.69. The topological polar surface area (TPSA) is 84.7 Å². The average Bonchev–Trinajstić information content (AvgIpc) is 2.43. The van der Waals surface area contributed by atoms with Crippen LogP contribution in [0.2, 0.25) is 0 Å². The quantitative estimate of drug-likeness (QED) is 0.588. The van der Waals surface area contributed by atoms with E-state index in [1.165, 1.54) is 11.9 Å². The van der Waals surface area contributed by atoms with Crippen molar-refractivity contribution in [2.75, 3.05) is 23.8 Å². The standard InChI is InChI=1S/C16H22F3N3O4/c1-6-7-21(5)12-9-11(20-14(23)26-15(2,3)4)13(22(24)25)8-10(12)16(17,18)19/h8-9H,6-7H2,1-5H3,(H,20,23). The van der Waals surface area contributed by atoms with Crippen molar-refractivity contribution in [3.05, 3.63) is 27.8 Å². The van der Waals surface area contributed by atoms with Gasteiger partial charge in [-0.3, -0.25) is 15.4 Å². The SMILES string of the molecule is CCCN(C)c1cc(NC(=O)OC(C)(C)C)c([N+](=O)[O-])cc1C(F)(F)F. The average molecular weight is 377 g/mol. The number of rotatable bonds is 5. The maximum Gasteiger partial charge on any atom is 0.418 e. The monoisotopic (exact) mass is 377 g/mol. The number of nitro groups is 1. The van der Waals surface area contributed by atoms with Crippen LogP contribution in [0.25, 0.3) is 0 Å². The second-order valence-electron chi connectivity index (χ2n) is 6.69. The summed E-state index contributed by atoms with van der Waals surface area (Å²) in [4.78, 5) is 23.5. The molecule has 146 valence electrons. The number of halogens is 3. The number of hydrogen-bond acceptors (Lipinski definition) is 5. The van der Waals surface area contributed by atoms with Gasteiger partial charge >= 0.3 is 12.3 Å². The van der Waals surface area contributed by atoms with Crippen LogP contribution in [0.1, 0.15) is 39.7 Å². The number of anilines is 2. The van der Waals surface area contributed by atoms with E-state index in [-0.39, 0.29) is 11.4 Å². The molecule has 0 bridgehead atoms. The zero-order chi connectivity index (χ0) is 20.3. The molecule has 1 aromatic rings. The lowest BCUT2D eigenvalue weighted by molar-refractivity contribution is -0.384. The Morgan fingerprint density at radius 3 is 2.31 bits per heavy atom. The Hall–Kier alpha value is -2.52. The molecule has 10 heteroatoms. The predicted molar refractivity (Wildman–Crippen MR) is 91.5 cm³/mol. The Morgan fingerprint density at radius 2 is 1.88 bits per heavy atom. The van der Waals surface area contributed by atoms with Gasteiger partial charge in [-0.2, -0.15) is 13.2 Å². The van der Waals surface area contributed by atoms with Crippen molar-refractivity contribution in [1.29, 1.82) is 0 Å². The Balaban J connectivity index is 3.46. The van der Waals surface area contributed by atoms with Crippen molar-refractivity contribution in [2.45, 2.75) is 45.9 Å². The smallest absolute Gasteiger partial charge is 0.418 e. The van der Waals surface area contributed by atoms with E-state index in [9.17, 15) is 28.1 Å². The lowest BCUT2D eigenvalue weighted by atomic mass is 10.1. The van der Waals surface area contributed by atoms with E-state index in [0.29, 0.717) is 19.0 Å². The molecule has 1 aromatic carbocycles. The lowest BCUT2D eigenvalue weighted by Gasteiger charge is -2.24. The molecule has 1 N–H and O–H groups in total. The van der Waals surface area contributed by atoms with Gasteiger partial charge in [0.1, 0.15) is 11.3 Å². The van der Waals surface area contributed by atoms with E-state index in [4.69, 9.17) is 4.74 Å². The van der Waals surface area contributed by atoms with Gasteiger partial charge in [0.2, 0.25) is 0 Å². The van der Waals surface area contributed by atoms with Crippen LogP contribution in [0.15, 0.2) is 12.1 Å². The number of carbonyl (C=O) groups is 1. The third-order valence-electron chi connectivity index (χ3n) is 3.22. The zero-order valence-electron chi connectivity index (χ0n) is 15.2. The van der Waals surface area contributed by atoms with Gasteiger partial charge in [0, 0.05) is 19.7 Å². The highest BCUT2D eigenvalue weighted by atomic mass is 19.4. The first-order valence-corrected chi connectivity index (χ1v) is 7.87. The summed E-state index contributed by atoms with van der Waals surface area (Å²) in [6.45, 7) is 6.86. The second kappa shape index (κ2) is 7.79. The third-order valence-corrected chi connectivity index (χ3v) is 3.22. The molecule has 0 radical (unpaired) electrons. The van der Waals surface area contributed by atoms with Crippen LogP contribution >= 0.6 is 0 Å². The fourth-order valence-corrected chi connectivity index (χ4v) is 2.24. The first-order chi connectivity index (χ1) is 11.8. The summed E-state index contributed by atoms with van der Waals surface area (Å²) >= 11 is 0. The molecule has 0 saturated heterocycles. The van der Waals surface area contributed by atoms with Crippen LogP contribution in [0.5, 0.6) is 0 Å². The van der Waals surface area contributed by atoms with Crippen LogP contribution in [-0.2, 0) is 10.9 Å². The van der Waals surface area contributed by atoms with E-state index in [0.717, 1.165) is 6.07 Å². The Kier molecular flexibility index (Phi) is 6.45. The molecule has 0 unspecified atom stereocenters. The minimum atomic E-state index is -4.79. The summed E-state index contributed by atoms with van der Waals surface area (Å²) in [5.41, 5.74) is -3.51. The maximum atomic E-state index is 13.3. The Labute approximate surface area is 149 Å². The molecule has 0 heterocycles. The molecule has 0 atom stereocenters. The number of carbonyl (C=O) groups excluding carboxylic acids is 1. The van der Waals surface area contributed by atoms with E-state index >= 15 is 0 Å². The molecule has 0 aliphatic rings. The molecular formula is C16H22F3N3O4. The molecule has 0 aliphatic carbocycles. The van der Waals surface area contributed by atoms with E-state index in [1.807, 2.05) is 0 Å².